The number of nitrogens with one attached hydrogen (secondary N) is 1. The highest BCUT2D eigenvalue weighted by Crippen LogP contribution is 2.51. The molecule has 1 spiro atoms. The summed E-state index contributed by atoms with van der Waals surface area (Å²) in [7, 11) is 0. The van der Waals surface area contributed by atoms with Crippen molar-refractivity contribution in [1.82, 2.24) is 10.2 Å². The molecule has 8 nitrogen and oxygen atoms in total. The molecule has 2 amide bonds. The van der Waals surface area contributed by atoms with E-state index in [0.717, 1.165) is 50.5 Å². The Morgan fingerprint density at radius 2 is 1.89 bits per heavy atom. The van der Waals surface area contributed by atoms with E-state index < -0.39 is 10.3 Å². The third-order valence-electron chi connectivity index (χ3n) is 8.73. The van der Waals surface area contributed by atoms with Gasteiger partial charge in [0.25, 0.3) is 11.6 Å². The number of hydrogen-bond acceptors (Lipinski definition) is 5. The fourth-order valence-corrected chi connectivity index (χ4v) is 6.42. The van der Waals surface area contributed by atoms with Crippen molar-refractivity contribution in [3.63, 3.8) is 0 Å². The Morgan fingerprint density at radius 1 is 1.14 bits per heavy atom. The minimum absolute atomic E-state index is 0.0187. The highest BCUT2D eigenvalue weighted by Gasteiger charge is 2.53. The van der Waals surface area contributed by atoms with Crippen LogP contribution in [-0.2, 0) is 10.2 Å². The first kappa shape index (κ1) is 25.5. The molecule has 3 fully saturated rings. The van der Waals surface area contributed by atoms with Gasteiger partial charge >= 0.3 is 0 Å². The van der Waals surface area contributed by atoms with Gasteiger partial charge in [-0.3, -0.25) is 19.7 Å². The first-order valence-electron chi connectivity index (χ1n) is 13.1. The van der Waals surface area contributed by atoms with Crippen LogP contribution in [0.3, 0.4) is 0 Å². The number of halogens is 1. The number of nitrogens with zero attached hydrogens (tertiary/aromatic N) is 2. The van der Waals surface area contributed by atoms with Crippen molar-refractivity contribution in [2.24, 2.45) is 5.41 Å². The number of carbonyl (C=O) groups excluding carboxylic acids is 2. The van der Waals surface area contributed by atoms with E-state index in [2.05, 4.69) is 5.32 Å². The third kappa shape index (κ3) is 4.56. The van der Waals surface area contributed by atoms with E-state index in [0.29, 0.717) is 36.0 Å². The predicted octanol–water partition coefficient (Wildman–Crippen LogP) is 5.27. The molecule has 1 atom stereocenters. The number of nitro benzene ring substituents is 1. The Hall–Kier alpha value is -3.13. The van der Waals surface area contributed by atoms with Crippen LogP contribution in [0.2, 0.25) is 5.02 Å². The number of non-ortho nitro benzene ring substituents is 1. The van der Waals surface area contributed by atoms with E-state index >= 15 is 0 Å². The molecular formula is C28H32ClN3O5. The second kappa shape index (κ2) is 9.97. The van der Waals surface area contributed by atoms with Gasteiger partial charge in [-0.05, 0) is 74.6 Å². The lowest BCUT2D eigenvalue weighted by Gasteiger charge is -2.55. The zero-order chi connectivity index (χ0) is 26.2. The van der Waals surface area contributed by atoms with Crippen LogP contribution in [0.15, 0.2) is 42.5 Å². The third-order valence-corrected chi connectivity index (χ3v) is 8.97. The lowest BCUT2D eigenvalue weighted by molar-refractivity contribution is -0.385. The molecule has 1 N–H and O–H groups in total. The van der Waals surface area contributed by atoms with Crippen LogP contribution in [0.4, 0.5) is 5.69 Å². The van der Waals surface area contributed by atoms with Gasteiger partial charge in [0.15, 0.2) is 0 Å². The van der Waals surface area contributed by atoms with Gasteiger partial charge in [0.05, 0.1) is 22.5 Å². The maximum atomic E-state index is 13.7. The molecule has 3 aliphatic rings. The molecule has 0 aromatic heterocycles. The molecule has 196 valence electrons. The number of hydrogen-bond donors (Lipinski definition) is 1. The molecule has 1 heterocycles. The second-order valence-electron chi connectivity index (χ2n) is 10.5. The van der Waals surface area contributed by atoms with Crippen LogP contribution in [-0.4, -0.2) is 47.4 Å². The minimum Gasteiger partial charge on any atom is -0.493 e. The van der Waals surface area contributed by atoms with Crippen molar-refractivity contribution in [3.05, 3.63) is 68.7 Å². The number of rotatable bonds is 7. The molecule has 2 aromatic rings. The standard InChI is InChI=1S/C28H32ClN3O5/c1-2-37-23-8-7-20(29)18-22(23)25(33)30-24-9-12-27(24)13-15-31(16-14-27)26(34)28(10-4-11-28)19-5-3-6-21(17-19)32(35)36/h3,5-8,17-18,24H,2,4,9-16H2,1H3,(H,30,33). The molecule has 2 aliphatic carbocycles. The van der Waals surface area contributed by atoms with Crippen LogP contribution < -0.4 is 10.1 Å². The van der Waals surface area contributed by atoms with Gasteiger partial charge in [-0.15, -0.1) is 0 Å². The molecule has 37 heavy (non-hydrogen) atoms. The van der Waals surface area contributed by atoms with Crippen molar-refractivity contribution < 1.29 is 19.2 Å². The van der Waals surface area contributed by atoms with Crippen LogP contribution in [0.25, 0.3) is 0 Å². The molecule has 5 rings (SSSR count). The highest BCUT2D eigenvalue weighted by atomic mass is 35.5. The average Bonchev–Trinajstić information content (AvgIpc) is 2.87. The summed E-state index contributed by atoms with van der Waals surface area (Å²) in [6.07, 6.45) is 5.94. The number of piperidine rings is 1. The van der Waals surface area contributed by atoms with E-state index in [-0.39, 0.29) is 29.0 Å². The monoisotopic (exact) mass is 525 g/mol. The molecule has 2 aromatic carbocycles. The molecule has 1 aliphatic heterocycles. The predicted molar refractivity (Wildman–Crippen MR) is 140 cm³/mol. The Labute approximate surface area is 221 Å². The second-order valence-corrected chi connectivity index (χ2v) is 11.0. The molecule has 1 unspecified atom stereocenters. The number of amides is 2. The number of likely N-dealkylation sites (tertiary alicyclic amines) is 1. The van der Waals surface area contributed by atoms with Gasteiger partial charge < -0.3 is 15.0 Å². The van der Waals surface area contributed by atoms with Crippen LogP contribution in [0.1, 0.15) is 67.8 Å². The number of carbonyl (C=O) groups is 2. The average molecular weight is 526 g/mol. The first-order chi connectivity index (χ1) is 17.8. The summed E-state index contributed by atoms with van der Waals surface area (Å²) >= 11 is 6.15. The maximum absolute atomic E-state index is 13.7. The molecule has 2 saturated carbocycles. The number of ether oxygens (including phenoxy) is 1. The van der Waals surface area contributed by atoms with E-state index in [4.69, 9.17) is 16.3 Å². The zero-order valence-electron chi connectivity index (χ0n) is 21.0. The number of benzene rings is 2. The Bertz CT molecular complexity index is 1220. The van der Waals surface area contributed by atoms with E-state index in [1.54, 1.807) is 30.3 Å². The van der Waals surface area contributed by atoms with Crippen molar-refractivity contribution in [2.45, 2.75) is 63.3 Å². The highest BCUT2D eigenvalue weighted by molar-refractivity contribution is 6.31. The van der Waals surface area contributed by atoms with Gasteiger partial charge in [-0.1, -0.05) is 30.2 Å². The molecule has 1 saturated heterocycles. The summed E-state index contributed by atoms with van der Waals surface area (Å²) in [5.74, 6) is 0.409. The van der Waals surface area contributed by atoms with Gasteiger partial charge in [0, 0.05) is 36.3 Å². The van der Waals surface area contributed by atoms with Crippen LogP contribution in [0, 0.1) is 15.5 Å². The Balaban J connectivity index is 1.25. The van der Waals surface area contributed by atoms with Crippen LogP contribution >= 0.6 is 11.6 Å². The van der Waals surface area contributed by atoms with Gasteiger partial charge in [-0.2, -0.15) is 0 Å². The first-order valence-corrected chi connectivity index (χ1v) is 13.4. The van der Waals surface area contributed by atoms with Crippen molar-refractivity contribution in [3.8, 4) is 5.75 Å². The Morgan fingerprint density at radius 3 is 2.49 bits per heavy atom. The molecule has 0 bridgehead atoms. The fraction of sp³-hybridized carbons (Fsp3) is 0.500. The Kier molecular flexibility index (Phi) is 6.88. The van der Waals surface area contributed by atoms with E-state index in [1.807, 2.05) is 17.9 Å². The fourth-order valence-electron chi connectivity index (χ4n) is 6.25. The van der Waals surface area contributed by atoms with Gasteiger partial charge in [-0.25, -0.2) is 0 Å². The van der Waals surface area contributed by atoms with Crippen molar-refractivity contribution >= 4 is 29.1 Å². The van der Waals surface area contributed by atoms with Gasteiger partial charge in [0.1, 0.15) is 5.75 Å². The summed E-state index contributed by atoms with van der Waals surface area (Å²) in [4.78, 5) is 39.7. The maximum Gasteiger partial charge on any atom is 0.269 e. The smallest absolute Gasteiger partial charge is 0.269 e. The summed E-state index contributed by atoms with van der Waals surface area (Å²) in [5.41, 5.74) is 0.530. The summed E-state index contributed by atoms with van der Waals surface area (Å²) < 4.78 is 5.63. The topological polar surface area (TPSA) is 102 Å². The van der Waals surface area contributed by atoms with Crippen molar-refractivity contribution in [1.29, 1.82) is 0 Å². The lowest BCUT2D eigenvalue weighted by atomic mass is 9.58. The summed E-state index contributed by atoms with van der Waals surface area (Å²) in [5, 5.41) is 15.0. The van der Waals surface area contributed by atoms with Crippen LogP contribution in [0.5, 0.6) is 5.75 Å². The normalized spacial score (nSPS) is 21.5. The quantitative estimate of drug-likeness (QED) is 0.392. The zero-order valence-corrected chi connectivity index (χ0v) is 21.8. The van der Waals surface area contributed by atoms with Crippen molar-refractivity contribution in [2.75, 3.05) is 19.7 Å². The summed E-state index contributed by atoms with van der Waals surface area (Å²) in [6, 6.07) is 11.7. The molecule has 0 radical (unpaired) electrons. The molecular weight excluding hydrogens is 494 g/mol. The van der Waals surface area contributed by atoms with E-state index in [1.165, 1.54) is 6.07 Å². The number of nitro groups is 1. The van der Waals surface area contributed by atoms with Gasteiger partial charge in [0.2, 0.25) is 5.91 Å². The SMILES string of the molecule is CCOc1ccc(Cl)cc1C(=O)NC1CCC12CCN(C(=O)C1(c3cccc([N+](=O)[O-])c3)CCC1)CC2. The largest absolute Gasteiger partial charge is 0.493 e. The summed E-state index contributed by atoms with van der Waals surface area (Å²) in [6.45, 7) is 3.59. The van der Waals surface area contributed by atoms with E-state index in [9.17, 15) is 19.7 Å². The lowest BCUT2D eigenvalue weighted by Crippen LogP contribution is -2.61. The molecule has 9 heteroatoms. The minimum atomic E-state index is -0.661.